The normalized spacial score (nSPS) is 27.6. The molecule has 0 atom stereocenters. The molecule has 0 radical (unpaired) electrons. The van der Waals surface area contributed by atoms with Gasteiger partial charge in [-0.15, -0.1) is 0 Å². The van der Waals surface area contributed by atoms with E-state index in [1.165, 1.54) is 37.2 Å². The van der Waals surface area contributed by atoms with Crippen LogP contribution in [0.5, 0.6) is 0 Å². The van der Waals surface area contributed by atoms with Gasteiger partial charge < -0.3 is 4.90 Å². The molecule has 114 valence electrons. The van der Waals surface area contributed by atoms with E-state index in [-0.39, 0.29) is 0 Å². The molecule has 2 aliphatic rings. The van der Waals surface area contributed by atoms with Crippen LogP contribution in [0.2, 0.25) is 5.15 Å². The van der Waals surface area contributed by atoms with E-state index in [0.29, 0.717) is 10.7 Å². The highest BCUT2D eigenvalue weighted by molar-refractivity contribution is 7.10. The van der Waals surface area contributed by atoms with Crippen molar-refractivity contribution < 1.29 is 0 Å². The summed E-state index contributed by atoms with van der Waals surface area (Å²) in [6.45, 7) is 6.47. The van der Waals surface area contributed by atoms with Gasteiger partial charge in [-0.3, -0.25) is 4.90 Å². The molecule has 0 unspecified atom stereocenters. The molecule has 21 heavy (non-hydrogen) atoms. The van der Waals surface area contributed by atoms with Gasteiger partial charge >= 0.3 is 0 Å². The van der Waals surface area contributed by atoms with E-state index in [1.807, 2.05) is 0 Å². The summed E-state index contributed by atoms with van der Waals surface area (Å²) in [6.07, 6.45) is 5.43. The summed E-state index contributed by atoms with van der Waals surface area (Å²) in [5.41, 5.74) is 0.543. The quantitative estimate of drug-likeness (QED) is 0.836. The SMILES string of the molecule is CC1CCC(N2CCN(c3snc(Cl)c3C#N)CC2)CC1. The minimum absolute atomic E-state index is 0.348. The first-order valence-corrected chi connectivity index (χ1v) is 8.88. The predicted molar refractivity (Wildman–Crippen MR) is 87.0 cm³/mol. The van der Waals surface area contributed by atoms with E-state index >= 15 is 0 Å². The Labute approximate surface area is 135 Å². The lowest BCUT2D eigenvalue weighted by atomic mass is 9.86. The van der Waals surface area contributed by atoms with Crippen molar-refractivity contribution in [3.05, 3.63) is 10.7 Å². The van der Waals surface area contributed by atoms with Crippen LogP contribution >= 0.6 is 23.1 Å². The minimum Gasteiger partial charge on any atom is -0.358 e. The van der Waals surface area contributed by atoms with E-state index in [4.69, 9.17) is 11.6 Å². The summed E-state index contributed by atoms with van der Waals surface area (Å²) in [5.74, 6) is 0.903. The number of nitriles is 1. The highest BCUT2D eigenvalue weighted by Gasteiger charge is 2.28. The molecule has 1 aromatic rings. The summed E-state index contributed by atoms with van der Waals surface area (Å²) in [4.78, 5) is 4.90. The molecule has 1 aliphatic carbocycles. The second-order valence-electron chi connectivity index (χ2n) is 6.20. The highest BCUT2D eigenvalue weighted by atomic mass is 35.5. The third-order valence-corrected chi connectivity index (χ3v) is 6.13. The van der Waals surface area contributed by atoms with Crippen molar-refractivity contribution in [2.24, 2.45) is 5.92 Å². The Morgan fingerprint density at radius 1 is 1.19 bits per heavy atom. The number of nitrogens with zero attached hydrogens (tertiary/aromatic N) is 4. The Morgan fingerprint density at radius 3 is 2.48 bits per heavy atom. The van der Waals surface area contributed by atoms with Crippen molar-refractivity contribution in [3.8, 4) is 6.07 Å². The van der Waals surface area contributed by atoms with Crippen LogP contribution in [0.25, 0.3) is 0 Å². The first-order chi connectivity index (χ1) is 10.2. The average molecular weight is 325 g/mol. The number of hydrogen-bond acceptors (Lipinski definition) is 5. The largest absolute Gasteiger partial charge is 0.358 e. The molecule has 1 aliphatic heterocycles. The van der Waals surface area contributed by atoms with Crippen LogP contribution in [0.3, 0.4) is 0 Å². The van der Waals surface area contributed by atoms with Gasteiger partial charge in [0.25, 0.3) is 0 Å². The number of aromatic nitrogens is 1. The molecular weight excluding hydrogens is 304 g/mol. The van der Waals surface area contributed by atoms with E-state index in [0.717, 1.165) is 43.1 Å². The van der Waals surface area contributed by atoms with Gasteiger partial charge in [-0.1, -0.05) is 18.5 Å². The number of hydrogen-bond donors (Lipinski definition) is 0. The molecule has 4 nitrogen and oxygen atoms in total. The van der Waals surface area contributed by atoms with Crippen LogP contribution in [0, 0.1) is 17.2 Å². The maximum absolute atomic E-state index is 9.19. The number of halogens is 1. The standard InChI is InChI=1S/C15H21ClN4S/c1-11-2-4-12(5-3-11)19-6-8-20(9-7-19)15-13(10-17)14(16)18-21-15/h11-12H,2-9H2,1H3. The molecular formula is C15H21ClN4S. The zero-order valence-corrected chi connectivity index (χ0v) is 14.0. The maximum Gasteiger partial charge on any atom is 0.162 e. The summed E-state index contributed by atoms with van der Waals surface area (Å²) < 4.78 is 4.11. The van der Waals surface area contributed by atoms with E-state index in [9.17, 15) is 5.26 Å². The number of rotatable bonds is 2. The molecule has 2 fully saturated rings. The van der Waals surface area contributed by atoms with Crippen LogP contribution in [-0.4, -0.2) is 41.5 Å². The zero-order chi connectivity index (χ0) is 14.8. The van der Waals surface area contributed by atoms with E-state index in [1.54, 1.807) is 0 Å². The average Bonchev–Trinajstić information content (AvgIpc) is 2.89. The van der Waals surface area contributed by atoms with Crippen LogP contribution < -0.4 is 4.90 Å². The van der Waals surface area contributed by atoms with Crippen molar-refractivity contribution in [1.82, 2.24) is 9.27 Å². The van der Waals surface area contributed by atoms with Crippen molar-refractivity contribution in [3.63, 3.8) is 0 Å². The van der Waals surface area contributed by atoms with Gasteiger partial charge in [0.1, 0.15) is 16.6 Å². The summed E-state index contributed by atoms with van der Waals surface area (Å²) in [6, 6.07) is 2.95. The van der Waals surface area contributed by atoms with Gasteiger partial charge in [0, 0.05) is 32.2 Å². The highest BCUT2D eigenvalue weighted by Crippen LogP contribution is 2.33. The van der Waals surface area contributed by atoms with Gasteiger partial charge in [0.05, 0.1) is 0 Å². The molecule has 1 saturated heterocycles. The van der Waals surface area contributed by atoms with Crippen molar-refractivity contribution >= 4 is 28.1 Å². The predicted octanol–water partition coefficient (Wildman–Crippen LogP) is 3.37. The van der Waals surface area contributed by atoms with E-state index in [2.05, 4.69) is 27.2 Å². The molecule has 2 heterocycles. The summed E-state index contributed by atoms with van der Waals surface area (Å²) in [5, 5.41) is 10.5. The molecule has 3 rings (SSSR count). The van der Waals surface area contributed by atoms with Gasteiger partial charge in [0.15, 0.2) is 5.15 Å². The van der Waals surface area contributed by atoms with Crippen LogP contribution in [0.4, 0.5) is 5.00 Å². The number of piperazine rings is 1. The zero-order valence-electron chi connectivity index (χ0n) is 12.4. The van der Waals surface area contributed by atoms with Gasteiger partial charge in [-0.05, 0) is 43.1 Å². The van der Waals surface area contributed by atoms with Gasteiger partial charge in [0.2, 0.25) is 0 Å². The summed E-state index contributed by atoms with van der Waals surface area (Å²) in [7, 11) is 0. The van der Waals surface area contributed by atoms with Crippen LogP contribution in [0.1, 0.15) is 38.2 Å². The van der Waals surface area contributed by atoms with Crippen LogP contribution in [-0.2, 0) is 0 Å². The third-order valence-electron chi connectivity index (χ3n) is 4.85. The van der Waals surface area contributed by atoms with Crippen molar-refractivity contribution in [1.29, 1.82) is 5.26 Å². The van der Waals surface area contributed by atoms with Gasteiger partial charge in [-0.2, -0.15) is 9.64 Å². The Kier molecular flexibility index (Phi) is 4.68. The molecule has 0 aromatic carbocycles. The first kappa shape index (κ1) is 15.1. The topological polar surface area (TPSA) is 43.2 Å². The fourth-order valence-corrected chi connectivity index (χ4v) is 4.55. The third kappa shape index (κ3) is 3.18. The first-order valence-electron chi connectivity index (χ1n) is 7.73. The second-order valence-corrected chi connectivity index (χ2v) is 7.31. The molecule has 1 aromatic heterocycles. The van der Waals surface area contributed by atoms with Gasteiger partial charge in [-0.25, -0.2) is 0 Å². The Hall–Kier alpha value is -0.830. The Balaban J connectivity index is 1.59. The lowest BCUT2D eigenvalue weighted by Crippen LogP contribution is -2.51. The fraction of sp³-hybridized carbons (Fsp3) is 0.733. The molecule has 0 amide bonds. The Bertz CT molecular complexity index is 522. The Morgan fingerprint density at radius 2 is 1.86 bits per heavy atom. The molecule has 1 saturated carbocycles. The molecule has 0 N–H and O–H groups in total. The van der Waals surface area contributed by atoms with Crippen molar-refractivity contribution in [2.75, 3.05) is 31.1 Å². The molecule has 0 spiro atoms. The monoisotopic (exact) mass is 324 g/mol. The molecule has 0 bridgehead atoms. The lowest BCUT2D eigenvalue weighted by Gasteiger charge is -2.41. The number of anilines is 1. The maximum atomic E-state index is 9.19. The molecule has 6 heteroatoms. The van der Waals surface area contributed by atoms with Crippen molar-refractivity contribution in [2.45, 2.75) is 38.6 Å². The lowest BCUT2D eigenvalue weighted by molar-refractivity contribution is 0.133. The summed E-state index contributed by atoms with van der Waals surface area (Å²) >= 11 is 7.32. The minimum atomic E-state index is 0.348. The second kappa shape index (κ2) is 6.51. The van der Waals surface area contributed by atoms with Crippen LogP contribution in [0.15, 0.2) is 0 Å². The smallest absolute Gasteiger partial charge is 0.162 e. The fourth-order valence-electron chi connectivity index (χ4n) is 3.47. The van der Waals surface area contributed by atoms with E-state index < -0.39 is 0 Å².